The molecule has 0 saturated heterocycles. The van der Waals surface area contributed by atoms with Gasteiger partial charge in [-0.15, -0.1) is 0 Å². The molecule has 2 unspecified atom stereocenters. The molecule has 0 heterocycles. The van der Waals surface area contributed by atoms with Crippen molar-refractivity contribution < 1.29 is 4.74 Å². The second-order valence-corrected chi connectivity index (χ2v) is 3.89. The average Bonchev–Trinajstić information content (AvgIpc) is 2.15. The Labute approximate surface area is 76.5 Å². The van der Waals surface area contributed by atoms with Gasteiger partial charge in [0.15, 0.2) is 0 Å². The summed E-state index contributed by atoms with van der Waals surface area (Å²) in [5.74, 6) is 0.922. The third-order valence-corrected chi connectivity index (χ3v) is 2.93. The fourth-order valence-electron chi connectivity index (χ4n) is 2.15. The highest BCUT2D eigenvalue weighted by atomic mass is 16.5. The van der Waals surface area contributed by atoms with Gasteiger partial charge in [-0.05, 0) is 18.8 Å². The van der Waals surface area contributed by atoms with Crippen LogP contribution in [-0.4, -0.2) is 13.2 Å². The van der Waals surface area contributed by atoms with Crippen LogP contribution in [0.1, 0.15) is 44.9 Å². The standard InChI is InChI=1S/C11H21O/c1-3-4-6-10-7-5-8-11(9-10)12-2/h10-11H,1,3-9H2,2H3. The number of unbranched alkanes of at least 4 members (excludes halogenated alkanes) is 1. The fraction of sp³-hybridized carbons (Fsp3) is 0.909. The Hall–Kier alpha value is -0.0400. The SMILES string of the molecule is [CH2]CCCC1CCCC(OC)C1. The highest BCUT2D eigenvalue weighted by molar-refractivity contribution is 4.73. The van der Waals surface area contributed by atoms with Crippen molar-refractivity contribution in [2.45, 2.75) is 51.0 Å². The van der Waals surface area contributed by atoms with E-state index in [4.69, 9.17) is 4.74 Å². The Morgan fingerprint density at radius 2 is 2.25 bits per heavy atom. The Balaban J connectivity index is 2.16. The molecule has 0 aromatic carbocycles. The van der Waals surface area contributed by atoms with Crippen molar-refractivity contribution in [1.82, 2.24) is 0 Å². The number of hydrogen-bond acceptors (Lipinski definition) is 1. The van der Waals surface area contributed by atoms with Crippen molar-refractivity contribution in [2.24, 2.45) is 5.92 Å². The van der Waals surface area contributed by atoms with Crippen molar-refractivity contribution in [1.29, 1.82) is 0 Å². The first-order chi connectivity index (χ1) is 5.86. The van der Waals surface area contributed by atoms with Crippen LogP contribution in [0, 0.1) is 12.8 Å². The number of methoxy groups -OCH3 is 1. The molecular formula is C11H21O. The third kappa shape index (κ3) is 3.14. The molecule has 1 aliphatic carbocycles. The van der Waals surface area contributed by atoms with Crippen molar-refractivity contribution in [3.63, 3.8) is 0 Å². The van der Waals surface area contributed by atoms with Crippen LogP contribution in [0.5, 0.6) is 0 Å². The number of ether oxygens (including phenoxy) is 1. The smallest absolute Gasteiger partial charge is 0.0574 e. The van der Waals surface area contributed by atoms with Gasteiger partial charge in [-0.2, -0.15) is 0 Å². The van der Waals surface area contributed by atoms with Gasteiger partial charge in [-0.25, -0.2) is 0 Å². The van der Waals surface area contributed by atoms with Gasteiger partial charge in [0.25, 0.3) is 0 Å². The quantitative estimate of drug-likeness (QED) is 0.628. The first-order valence-electron chi connectivity index (χ1n) is 5.19. The third-order valence-electron chi connectivity index (χ3n) is 2.93. The predicted molar refractivity (Wildman–Crippen MR) is 52.0 cm³/mol. The fourth-order valence-corrected chi connectivity index (χ4v) is 2.15. The highest BCUT2D eigenvalue weighted by Crippen LogP contribution is 2.29. The maximum absolute atomic E-state index is 5.39. The van der Waals surface area contributed by atoms with E-state index in [2.05, 4.69) is 6.92 Å². The summed E-state index contributed by atoms with van der Waals surface area (Å²) in [5.41, 5.74) is 0. The zero-order valence-corrected chi connectivity index (χ0v) is 8.22. The lowest BCUT2D eigenvalue weighted by Crippen LogP contribution is -2.21. The topological polar surface area (TPSA) is 9.23 Å². The van der Waals surface area contributed by atoms with Gasteiger partial charge >= 0.3 is 0 Å². The average molecular weight is 169 g/mol. The first-order valence-corrected chi connectivity index (χ1v) is 5.19. The Bertz CT molecular complexity index is 112. The molecule has 1 aliphatic rings. The summed E-state index contributed by atoms with van der Waals surface area (Å²) >= 11 is 0. The molecule has 0 bridgehead atoms. The van der Waals surface area contributed by atoms with E-state index in [1.54, 1.807) is 0 Å². The maximum Gasteiger partial charge on any atom is 0.0574 e. The molecule has 71 valence electrons. The molecule has 0 N–H and O–H groups in total. The predicted octanol–water partition coefficient (Wildman–Crippen LogP) is 3.20. The molecule has 1 nitrogen and oxygen atoms in total. The summed E-state index contributed by atoms with van der Waals surface area (Å²) in [4.78, 5) is 0. The molecule has 1 fully saturated rings. The molecule has 1 heteroatoms. The summed E-state index contributed by atoms with van der Waals surface area (Å²) < 4.78 is 5.39. The minimum absolute atomic E-state index is 0.550. The minimum atomic E-state index is 0.550. The monoisotopic (exact) mass is 169 g/mol. The van der Waals surface area contributed by atoms with Gasteiger partial charge < -0.3 is 4.74 Å². The van der Waals surface area contributed by atoms with Crippen LogP contribution in [0.25, 0.3) is 0 Å². The van der Waals surface area contributed by atoms with Crippen molar-refractivity contribution in [2.75, 3.05) is 7.11 Å². The molecule has 2 atom stereocenters. The second-order valence-electron chi connectivity index (χ2n) is 3.89. The maximum atomic E-state index is 5.39. The van der Waals surface area contributed by atoms with Gasteiger partial charge in [0.2, 0.25) is 0 Å². The summed E-state index contributed by atoms with van der Waals surface area (Å²) in [6, 6.07) is 0. The molecule has 0 spiro atoms. The Kier molecular flexibility index (Phi) is 4.67. The number of hydrogen-bond donors (Lipinski definition) is 0. The zero-order chi connectivity index (χ0) is 8.81. The van der Waals surface area contributed by atoms with Crippen LogP contribution in [0.15, 0.2) is 0 Å². The lowest BCUT2D eigenvalue weighted by molar-refractivity contribution is 0.0487. The van der Waals surface area contributed by atoms with E-state index >= 15 is 0 Å². The molecule has 0 aliphatic heterocycles. The summed E-state index contributed by atoms with van der Waals surface area (Å²) in [6.07, 6.45) is 9.64. The molecule has 1 saturated carbocycles. The number of rotatable bonds is 4. The van der Waals surface area contributed by atoms with Gasteiger partial charge in [0.05, 0.1) is 6.10 Å². The zero-order valence-electron chi connectivity index (χ0n) is 8.22. The normalized spacial score (nSPS) is 30.5. The molecule has 12 heavy (non-hydrogen) atoms. The van der Waals surface area contributed by atoms with E-state index in [0.717, 1.165) is 12.3 Å². The first kappa shape index (κ1) is 10.0. The van der Waals surface area contributed by atoms with E-state index in [9.17, 15) is 0 Å². The largest absolute Gasteiger partial charge is 0.381 e. The Morgan fingerprint density at radius 3 is 2.92 bits per heavy atom. The van der Waals surface area contributed by atoms with Crippen LogP contribution < -0.4 is 0 Å². The van der Waals surface area contributed by atoms with Crippen LogP contribution in [0.2, 0.25) is 0 Å². The summed E-state index contributed by atoms with van der Waals surface area (Å²) in [6.45, 7) is 3.88. The van der Waals surface area contributed by atoms with E-state index in [-0.39, 0.29) is 0 Å². The van der Waals surface area contributed by atoms with Crippen molar-refractivity contribution >= 4 is 0 Å². The van der Waals surface area contributed by atoms with E-state index < -0.39 is 0 Å². The van der Waals surface area contributed by atoms with Crippen molar-refractivity contribution in [3.8, 4) is 0 Å². The lowest BCUT2D eigenvalue weighted by Gasteiger charge is -2.27. The molecule has 0 amide bonds. The van der Waals surface area contributed by atoms with Gasteiger partial charge in [0.1, 0.15) is 0 Å². The molecule has 0 aromatic heterocycles. The Morgan fingerprint density at radius 1 is 1.42 bits per heavy atom. The van der Waals surface area contributed by atoms with E-state index in [1.165, 1.54) is 38.5 Å². The van der Waals surface area contributed by atoms with Gasteiger partial charge in [-0.1, -0.05) is 39.0 Å². The van der Waals surface area contributed by atoms with Gasteiger partial charge in [-0.3, -0.25) is 0 Å². The van der Waals surface area contributed by atoms with Crippen LogP contribution in [0.3, 0.4) is 0 Å². The van der Waals surface area contributed by atoms with Gasteiger partial charge in [0, 0.05) is 7.11 Å². The van der Waals surface area contributed by atoms with E-state index in [1.807, 2.05) is 7.11 Å². The lowest BCUT2D eigenvalue weighted by atomic mass is 9.84. The van der Waals surface area contributed by atoms with Crippen molar-refractivity contribution in [3.05, 3.63) is 6.92 Å². The van der Waals surface area contributed by atoms with Crippen LogP contribution in [0.4, 0.5) is 0 Å². The van der Waals surface area contributed by atoms with Crippen LogP contribution in [-0.2, 0) is 4.74 Å². The molecular weight excluding hydrogens is 148 g/mol. The molecule has 1 radical (unpaired) electrons. The highest BCUT2D eigenvalue weighted by Gasteiger charge is 2.20. The summed E-state index contributed by atoms with van der Waals surface area (Å²) in [5, 5.41) is 0. The minimum Gasteiger partial charge on any atom is -0.381 e. The molecule has 0 aromatic rings. The summed E-state index contributed by atoms with van der Waals surface area (Å²) in [7, 11) is 1.84. The van der Waals surface area contributed by atoms with E-state index in [0.29, 0.717) is 6.10 Å². The molecule has 1 rings (SSSR count). The second kappa shape index (κ2) is 5.58. The van der Waals surface area contributed by atoms with Crippen LogP contribution >= 0.6 is 0 Å².